The Labute approximate surface area is 77.7 Å². The number of hydrogen-bond donors (Lipinski definition) is 0. The van der Waals surface area contributed by atoms with Crippen LogP contribution in [0.25, 0.3) is 0 Å². The van der Waals surface area contributed by atoms with Crippen molar-refractivity contribution >= 4 is 15.9 Å². The largest absolute Gasteiger partial charge is 0.255 e. The van der Waals surface area contributed by atoms with E-state index in [1.54, 1.807) is 18.2 Å². The minimum absolute atomic E-state index is 0.0166. The molecule has 1 aromatic rings. The number of benzene rings is 1. The number of hydrogen-bond acceptors (Lipinski definition) is 0. The second kappa shape index (κ2) is 2.52. The molecule has 0 N–H and O–H groups in total. The van der Waals surface area contributed by atoms with Gasteiger partial charge in [0.05, 0.1) is 5.92 Å². The van der Waals surface area contributed by atoms with Crippen molar-refractivity contribution in [3.8, 4) is 0 Å². The lowest BCUT2D eigenvalue weighted by molar-refractivity contribution is 0.112. The van der Waals surface area contributed by atoms with Crippen molar-refractivity contribution in [3.63, 3.8) is 0 Å². The molecule has 0 bridgehead atoms. The van der Waals surface area contributed by atoms with Gasteiger partial charge in [0.2, 0.25) is 0 Å². The molecule has 0 heterocycles. The normalized spacial score (nSPS) is 25.4. The van der Waals surface area contributed by atoms with Crippen molar-refractivity contribution in [2.45, 2.75) is 18.3 Å². The van der Waals surface area contributed by atoms with E-state index in [0.29, 0.717) is 5.56 Å². The van der Waals surface area contributed by atoms with Gasteiger partial charge < -0.3 is 0 Å². The zero-order chi connectivity index (χ0) is 8.77. The van der Waals surface area contributed by atoms with Crippen LogP contribution in [0.5, 0.6) is 0 Å². The Bertz CT molecular complexity index is 309. The number of alkyl halides is 2. The highest BCUT2D eigenvalue weighted by molar-refractivity contribution is 9.10. The van der Waals surface area contributed by atoms with Crippen LogP contribution in [-0.2, 0) is 0 Å². The Hall–Kier alpha value is -0.440. The van der Waals surface area contributed by atoms with Crippen molar-refractivity contribution < 1.29 is 8.78 Å². The third-order valence-corrected chi connectivity index (χ3v) is 2.46. The van der Waals surface area contributed by atoms with Gasteiger partial charge in [0.1, 0.15) is 0 Å². The van der Waals surface area contributed by atoms with Crippen LogP contribution in [-0.4, -0.2) is 5.92 Å². The van der Waals surface area contributed by atoms with Gasteiger partial charge in [0.25, 0.3) is 5.92 Å². The van der Waals surface area contributed by atoms with E-state index in [0.717, 1.165) is 4.47 Å². The summed E-state index contributed by atoms with van der Waals surface area (Å²) < 4.78 is 26.0. The van der Waals surface area contributed by atoms with E-state index in [-0.39, 0.29) is 6.42 Å². The van der Waals surface area contributed by atoms with Gasteiger partial charge in [-0.25, -0.2) is 8.78 Å². The minimum atomic E-state index is -2.48. The first-order valence-corrected chi connectivity index (χ1v) is 4.43. The van der Waals surface area contributed by atoms with Gasteiger partial charge in [0, 0.05) is 10.9 Å². The van der Waals surface area contributed by atoms with E-state index < -0.39 is 11.8 Å². The summed E-state index contributed by atoms with van der Waals surface area (Å²) in [5.74, 6) is -3.06. The van der Waals surface area contributed by atoms with Gasteiger partial charge in [-0.05, 0) is 23.8 Å². The first-order chi connectivity index (χ1) is 5.59. The second-order valence-corrected chi connectivity index (χ2v) is 3.92. The molecule has 0 nitrogen and oxygen atoms in total. The Kier molecular flexibility index (Phi) is 1.72. The van der Waals surface area contributed by atoms with Crippen LogP contribution >= 0.6 is 15.9 Å². The maximum absolute atomic E-state index is 12.6. The van der Waals surface area contributed by atoms with Crippen LogP contribution in [0, 0.1) is 6.07 Å². The van der Waals surface area contributed by atoms with Gasteiger partial charge in [0.15, 0.2) is 0 Å². The molecule has 2 rings (SSSR count). The third kappa shape index (κ3) is 1.38. The standard InChI is InChI=1S/C9H6BrF2/c10-7-3-1-2-6(4-7)8-5-9(8,11)12/h2-4,8H,5H2. The zero-order valence-corrected chi connectivity index (χ0v) is 7.74. The maximum atomic E-state index is 12.6. The molecule has 0 aromatic heterocycles. The highest BCUT2D eigenvalue weighted by Crippen LogP contribution is 2.55. The minimum Gasteiger partial charge on any atom is -0.206 e. The van der Waals surface area contributed by atoms with Crippen LogP contribution in [0.1, 0.15) is 17.9 Å². The summed E-state index contributed by atoms with van der Waals surface area (Å²) in [6.45, 7) is 0. The summed E-state index contributed by atoms with van der Waals surface area (Å²) in [4.78, 5) is 0. The number of rotatable bonds is 1. The van der Waals surface area contributed by atoms with Crippen molar-refractivity contribution in [1.82, 2.24) is 0 Å². The average Bonchev–Trinajstić information content (AvgIpc) is 2.60. The molecule has 0 spiro atoms. The van der Waals surface area contributed by atoms with E-state index >= 15 is 0 Å². The zero-order valence-electron chi connectivity index (χ0n) is 6.15. The fraction of sp³-hybridized carbons (Fsp3) is 0.333. The van der Waals surface area contributed by atoms with Crippen LogP contribution < -0.4 is 0 Å². The highest BCUT2D eigenvalue weighted by Gasteiger charge is 2.57. The number of halogens is 3. The molecule has 1 aliphatic carbocycles. The SMILES string of the molecule is FC1(F)CC1c1c[c]cc(Br)c1. The van der Waals surface area contributed by atoms with Gasteiger partial charge in [-0.15, -0.1) is 0 Å². The summed E-state index contributed by atoms with van der Waals surface area (Å²) in [5.41, 5.74) is 0.675. The second-order valence-electron chi connectivity index (χ2n) is 3.00. The smallest absolute Gasteiger partial charge is 0.206 e. The first-order valence-electron chi connectivity index (χ1n) is 3.64. The van der Waals surface area contributed by atoms with Crippen LogP contribution in [0.15, 0.2) is 22.7 Å². The summed E-state index contributed by atoms with van der Waals surface area (Å²) in [6, 6.07) is 7.87. The quantitative estimate of drug-likeness (QED) is 0.696. The van der Waals surface area contributed by atoms with Gasteiger partial charge >= 0.3 is 0 Å². The van der Waals surface area contributed by atoms with E-state index in [2.05, 4.69) is 22.0 Å². The summed E-state index contributed by atoms with van der Waals surface area (Å²) in [6.07, 6.45) is -0.0166. The summed E-state index contributed by atoms with van der Waals surface area (Å²) >= 11 is 3.22. The lowest BCUT2D eigenvalue weighted by atomic mass is 10.1. The van der Waals surface area contributed by atoms with E-state index in [1.807, 2.05) is 0 Å². The molecule has 0 amide bonds. The molecule has 3 heteroatoms. The third-order valence-electron chi connectivity index (χ3n) is 2.00. The van der Waals surface area contributed by atoms with Crippen molar-refractivity contribution in [2.75, 3.05) is 0 Å². The molecule has 0 saturated heterocycles. The summed E-state index contributed by atoms with van der Waals surface area (Å²) in [7, 11) is 0. The van der Waals surface area contributed by atoms with Crippen molar-refractivity contribution in [1.29, 1.82) is 0 Å². The fourth-order valence-corrected chi connectivity index (χ4v) is 1.63. The molecular weight excluding hydrogens is 226 g/mol. The van der Waals surface area contributed by atoms with Crippen molar-refractivity contribution in [3.05, 3.63) is 34.3 Å². The fourth-order valence-electron chi connectivity index (χ4n) is 1.24. The predicted octanol–water partition coefficient (Wildman–Crippen LogP) is 3.37. The lowest BCUT2D eigenvalue weighted by Crippen LogP contribution is -1.92. The van der Waals surface area contributed by atoms with Crippen LogP contribution in [0.3, 0.4) is 0 Å². The molecule has 0 aliphatic heterocycles. The molecule has 12 heavy (non-hydrogen) atoms. The Balaban J connectivity index is 2.26. The molecule has 1 aliphatic rings. The topological polar surface area (TPSA) is 0 Å². The van der Waals surface area contributed by atoms with E-state index in [4.69, 9.17) is 0 Å². The summed E-state index contributed by atoms with van der Waals surface area (Å²) in [5, 5.41) is 0. The van der Waals surface area contributed by atoms with Gasteiger partial charge in [-0.2, -0.15) is 0 Å². The van der Waals surface area contributed by atoms with E-state index in [9.17, 15) is 8.78 Å². The van der Waals surface area contributed by atoms with E-state index in [1.165, 1.54) is 0 Å². The lowest BCUT2D eigenvalue weighted by Gasteiger charge is -1.98. The van der Waals surface area contributed by atoms with Gasteiger partial charge in [-0.1, -0.05) is 22.0 Å². The Morgan fingerprint density at radius 3 is 2.67 bits per heavy atom. The van der Waals surface area contributed by atoms with Crippen molar-refractivity contribution in [2.24, 2.45) is 0 Å². The molecule has 1 fully saturated rings. The van der Waals surface area contributed by atoms with Crippen LogP contribution in [0.2, 0.25) is 0 Å². The maximum Gasteiger partial charge on any atom is 0.255 e. The molecule has 63 valence electrons. The highest BCUT2D eigenvalue weighted by atomic mass is 79.9. The average molecular weight is 232 g/mol. The van der Waals surface area contributed by atoms with Crippen LogP contribution in [0.4, 0.5) is 8.78 Å². The molecule has 1 aromatic carbocycles. The molecule has 1 unspecified atom stereocenters. The van der Waals surface area contributed by atoms with Gasteiger partial charge in [-0.3, -0.25) is 0 Å². The predicted molar refractivity (Wildman–Crippen MR) is 45.3 cm³/mol. The first kappa shape index (κ1) is 8.17. The molecular formula is C9H6BrF2. The molecule has 1 radical (unpaired) electrons. The monoisotopic (exact) mass is 231 g/mol. The molecule has 1 atom stereocenters. The Morgan fingerprint density at radius 2 is 2.17 bits per heavy atom. The Morgan fingerprint density at radius 1 is 1.50 bits per heavy atom. The molecule has 1 saturated carbocycles.